The third-order valence-electron chi connectivity index (χ3n) is 3.92. The fourth-order valence-corrected chi connectivity index (χ4v) is 2.63. The van der Waals surface area contributed by atoms with Crippen LogP contribution in [-0.2, 0) is 11.3 Å². The van der Waals surface area contributed by atoms with Gasteiger partial charge in [0.15, 0.2) is 0 Å². The molecule has 0 aliphatic rings. The second-order valence-electron chi connectivity index (χ2n) is 5.73. The molecule has 0 aliphatic carbocycles. The van der Waals surface area contributed by atoms with Crippen molar-refractivity contribution in [3.8, 4) is 0 Å². The lowest BCUT2D eigenvalue weighted by Crippen LogP contribution is -2.24. The third-order valence-corrected chi connectivity index (χ3v) is 3.92. The Balaban J connectivity index is 1.58. The van der Waals surface area contributed by atoms with E-state index in [-0.39, 0.29) is 12.3 Å². The van der Waals surface area contributed by atoms with Crippen LogP contribution in [0.15, 0.2) is 66.7 Å². The third kappa shape index (κ3) is 3.97. The Morgan fingerprint density at radius 1 is 1.00 bits per heavy atom. The molecule has 3 aromatic rings. The summed E-state index contributed by atoms with van der Waals surface area (Å²) in [5, 5.41) is 15.1. The molecule has 2 N–H and O–H groups in total. The van der Waals surface area contributed by atoms with Gasteiger partial charge in [-0.15, -0.1) is 0 Å². The van der Waals surface area contributed by atoms with Crippen LogP contribution in [0.4, 0.5) is 4.39 Å². The van der Waals surface area contributed by atoms with Crippen molar-refractivity contribution in [1.29, 1.82) is 0 Å². The summed E-state index contributed by atoms with van der Waals surface area (Å²) in [5.41, 5.74) is 1.39. The summed E-state index contributed by atoms with van der Waals surface area (Å²) in [5.74, 6) is -0.706. The molecule has 0 radical (unpaired) electrons. The molecule has 3 rings (SSSR count). The van der Waals surface area contributed by atoms with Gasteiger partial charge in [-0.2, -0.15) is 0 Å². The second kappa shape index (κ2) is 7.23. The number of amides is 1. The number of nitrogens with one attached hydrogen (secondary N) is 1. The first-order valence-electron chi connectivity index (χ1n) is 7.80. The molecular weight excluding hydrogens is 305 g/mol. The monoisotopic (exact) mass is 323 g/mol. The van der Waals surface area contributed by atoms with Crippen molar-refractivity contribution in [3.63, 3.8) is 0 Å². The first-order valence-corrected chi connectivity index (χ1v) is 7.80. The number of halogens is 1. The van der Waals surface area contributed by atoms with Crippen molar-refractivity contribution < 1.29 is 14.3 Å². The summed E-state index contributed by atoms with van der Waals surface area (Å²) in [4.78, 5) is 12.0. The van der Waals surface area contributed by atoms with E-state index in [0.29, 0.717) is 12.1 Å². The smallest absolute Gasteiger partial charge is 0.223 e. The van der Waals surface area contributed by atoms with E-state index in [2.05, 4.69) is 5.32 Å². The Morgan fingerprint density at radius 2 is 1.79 bits per heavy atom. The van der Waals surface area contributed by atoms with E-state index in [9.17, 15) is 14.3 Å². The van der Waals surface area contributed by atoms with Gasteiger partial charge >= 0.3 is 0 Å². The Hall–Kier alpha value is -2.72. The molecule has 4 heteroatoms. The highest BCUT2D eigenvalue weighted by Crippen LogP contribution is 2.18. The van der Waals surface area contributed by atoms with Gasteiger partial charge in [-0.3, -0.25) is 4.79 Å². The van der Waals surface area contributed by atoms with Crippen LogP contribution in [0.2, 0.25) is 0 Å². The van der Waals surface area contributed by atoms with Gasteiger partial charge in [-0.25, -0.2) is 4.39 Å². The van der Waals surface area contributed by atoms with Crippen molar-refractivity contribution in [1.82, 2.24) is 5.32 Å². The Bertz CT molecular complexity index is 863. The number of benzene rings is 3. The molecule has 0 heterocycles. The van der Waals surface area contributed by atoms with E-state index >= 15 is 0 Å². The largest absolute Gasteiger partial charge is 0.388 e. The van der Waals surface area contributed by atoms with E-state index in [1.54, 1.807) is 6.07 Å². The minimum atomic E-state index is -1.02. The molecule has 0 spiro atoms. The van der Waals surface area contributed by atoms with Gasteiger partial charge in [0.1, 0.15) is 5.82 Å². The lowest BCUT2D eigenvalue weighted by molar-refractivity contribution is -0.123. The number of hydrogen-bond donors (Lipinski definition) is 2. The normalized spacial score (nSPS) is 12.1. The van der Waals surface area contributed by atoms with E-state index < -0.39 is 11.9 Å². The molecule has 24 heavy (non-hydrogen) atoms. The molecule has 0 fully saturated rings. The number of hydrogen-bond acceptors (Lipinski definition) is 2. The molecule has 3 aromatic carbocycles. The Kier molecular flexibility index (Phi) is 4.87. The summed E-state index contributed by atoms with van der Waals surface area (Å²) in [7, 11) is 0. The van der Waals surface area contributed by atoms with Crippen LogP contribution >= 0.6 is 0 Å². The average Bonchev–Trinajstić information content (AvgIpc) is 2.59. The van der Waals surface area contributed by atoms with Gasteiger partial charge in [0.25, 0.3) is 0 Å². The zero-order chi connectivity index (χ0) is 16.9. The van der Waals surface area contributed by atoms with Gasteiger partial charge < -0.3 is 10.4 Å². The van der Waals surface area contributed by atoms with Crippen LogP contribution in [0, 0.1) is 5.82 Å². The molecule has 0 aromatic heterocycles. The zero-order valence-corrected chi connectivity index (χ0v) is 13.1. The summed E-state index contributed by atoms with van der Waals surface area (Å²) in [6.07, 6.45) is -1.12. The molecule has 0 saturated heterocycles. The molecule has 3 nitrogen and oxygen atoms in total. The maximum atomic E-state index is 13.2. The number of aliphatic hydroxyl groups excluding tert-OH is 1. The van der Waals surface area contributed by atoms with Crippen molar-refractivity contribution in [2.75, 3.05) is 0 Å². The van der Waals surface area contributed by atoms with Gasteiger partial charge in [0.2, 0.25) is 5.91 Å². The highest BCUT2D eigenvalue weighted by Gasteiger charge is 2.13. The maximum absolute atomic E-state index is 13.2. The first-order chi connectivity index (χ1) is 11.6. The van der Waals surface area contributed by atoms with Crippen LogP contribution in [0.5, 0.6) is 0 Å². The Morgan fingerprint density at radius 3 is 2.58 bits per heavy atom. The van der Waals surface area contributed by atoms with E-state index in [0.717, 1.165) is 16.3 Å². The van der Waals surface area contributed by atoms with Gasteiger partial charge in [0, 0.05) is 6.54 Å². The fourth-order valence-electron chi connectivity index (χ4n) is 2.63. The predicted octanol–water partition coefficient (Wildman–Crippen LogP) is 3.72. The first kappa shape index (κ1) is 16.1. The molecule has 1 unspecified atom stereocenters. The van der Waals surface area contributed by atoms with Crippen LogP contribution in [0.1, 0.15) is 23.7 Å². The molecule has 122 valence electrons. The maximum Gasteiger partial charge on any atom is 0.223 e. The van der Waals surface area contributed by atoms with Crippen LogP contribution in [0.3, 0.4) is 0 Å². The molecular formula is C20H18FNO2. The van der Waals surface area contributed by atoms with Gasteiger partial charge in [-0.1, -0.05) is 48.5 Å². The summed E-state index contributed by atoms with van der Waals surface area (Å²) >= 11 is 0. The van der Waals surface area contributed by atoms with Gasteiger partial charge in [0.05, 0.1) is 12.5 Å². The van der Waals surface area contributed by atoms with Crippen LogP contribution in [0.25, 0.3) is 10.8 Å². The number of carbonyl (C=O) groups excluding carboxylic acids is 1. The minimum absolute atomic E-state index is 0.100. The van der Waals surface area contributed by atoms with Crippen molar-refractivity contribution in [3.05, 3.63) is 83.7 Å². The topological polar surface area (TPSA) is 49.3 Å². The van der Waals surface area contributed by atoms with E-state index in [1.165, 1.54) is 18.2 Å². The summed E-state index contributed by atoms with van der Waals surface area (Å²) in [6, 6.07) is 19.7. The molecule has 0 saturated carbocycles. The zero-order valence-electron chi connectivity index (χ0n) is 13.1. The van der Waals surface area contributed by atoms with E-state index in [1.807, 2.05) is 42.5 Å². The van der Waals surface area contributed by atoms with E-state index in [4.69, 9.17) is 0 Å². The minimum Gasteiger partial charge on any atom is -0.388 e. The van der Waals surface area contributed by atoms with Crippen LogP contribution in [-0.4, -0.2) is 11.0 Å². The highest BCUT2D eigenvalue weighted by molar-refractivity contribution is 5.83. The number of carbonyl (C=O) groups is 1. The lowest BCUT2D eigenvalue weighted by atomic mass is 10.1. The van der Waals surface area contributed by atoms with Crippen molar-refractivity contribution >= 4 is 16.7 Å². The molecule has 0 bridgehead atoms. The van der Waals surface area contributed by atoms with Crippen molar-refractivity contribution in [2.24, 2.45) is 0 Å². The van der Waals surface area contributed by atoms with Crippen LogP contribution < -0.4 is 5.32 Å². The molecule has 0 aliphatic heterocycles. The number of aliphatic hydroxyl groups is 1. The Labute approximate surface area is 139 Å². The number of fused-ring (bicyclic) bond motifs is 1. The SMILES string of the molecule is O=C(CC(O)c1cccc(F)c1)NCc1ccc2ccccc2c1. The summed E-state index contributed by atoms with van der Waals surface area (Å²) in [6.45, 7) is 0.388. The quantitative estimate of drug-likeness (QED) is 0.752. The van der Waals surface area contributed by atoms with Crippen molar-refractivity contribution in [2.45, 2.75) is 19.1 Å². The highest BCUT2D eigenvalue weighted by atomic mass is 19.1. The van der Waals surface area contributed by atoms with Gasteiger partial charge in [-0.05, 0) is 40.1 Å². The fraction of sp³-hybridized carbons (Fsp3) is 0.150. The second-order valence-corrected chi connectivity index (χ2v) is 5.73. The average molecular weight is 323 g/mol. The molecule has 1 atom stereocenters. The molecule has 1 amide bonds. The predicted molar refractivity (Wildman–Crippen MR) is 91.8 cm³/mol. The summed E-state index contributed by atoms with van der Waals surface area (Å²) < 4.78 is 13.2. The number of rotatable bonds is 5. The lowest BCUT2D eigenvalue weighted by Gasteiger charge is -2.12. The standard InChI is InChI=1S/C20H18FNO2/c21-18-7-3-6-17(11-18)19(23)12-20(24)22-13-14-8-9-15-4-1-2-5-16(15)10-14/h1-11,19,23H,12-13H2,(H,22,24).